The predicted molar refractivity (Wildman–Crippen MR) is 220 cm³/mol. The molecule has 0 aliphatic rings. The number of hydrogen-bond donors (Lipinski definition) is 5. The molecule has 0 saturated heterocycles. The van der Waals surface area contributed by atoms with Crippen molar-refractivity contribution in [1.29, 1.82) is 0 Å². The van der Waals surface area contributed by atoms with Crippen molar-refractivity contribution in [2.45, 2.75) is 45.4 Å². The zero-order valence-corrected chi connectivity index (χ0v) is 35.6. The van der Waals surface area contributed by atoms with Crippen molar-refractivity contribution in [3.05, 3.63) is 112 Å². The van der Waals surface area contributed by atoms with E-state index >= 15 is 0 Å². The van der Waals surface area contributed by atoms with Crippen LogP contribution < -0.4 is 4.72 Å². The zero-order chi connectivity index (χ0) is 42.0. The summed E-state index contributed by atoms with van der Waals surface area (Å²) in [6.07, 6.45) is 1.66. The zero-order valence-electron chi connectivity index (χ0n) is 32.2. The van der Waals surface area contributed by atoms with E-state index in [9.17, 15) is 28.8 Å². The molecular weight excluding hydrogens is 868 g/mol. The summed E-state index contributed by atoms with van der Waals surface area (Å²) in [6, 6.07) is 22.5. The van der Waals surface area contributed by atoms with E-state index in [1.165, 1.54) is 27.6 Å². The molecule has 6 rings (SSSR count). The monoisotopic (exact) mass is 908 g/mol. The van der Waals surface area contributed by atoms with E-state index in [1.807, 2.05) is 19.9 Å². The van der Waals surface area contributed by atoms with E-state index in [0.717, 1.165) is 18.4 Å². The number of phenols is 2. The Kier molecular flexibility index (Phi) is 16.6. The fraction of sp³-hybridized carbons (Fsp3) is 0.231. The quantitative estimate of drug-likeness (QED) is 0.0518. The second kappa shape index (κ2) is 21.1. The number of azo groups is 2. The molecule has 2 aromatic heterocycles. The van der Waals surface area contributed by atoms with Gasteiger partial charge in [-0.05, 0) is 99.0 Å². The van der Waals surface area contributed by atoms with Crippen LogP contribution in [0.1, 0.15) is 37.2 Å². The largest absolute Gasteiger partial charge is 0.506 e. The summed E-state index contributed by atoms with van der Waals surface area (Å²) >= 11 is 12.0. The van der Waals surface area contributed by atoms with Crippen molar-refractivity contribution in [3.63, 3.8) is 0 Å². The molecule has 0 atom stereocenters. The van der Waals surface area contributed by atoms with Crippen molar-refractivity contribution < 1.29 is 50.4 Å². The maximum Gasteiger partial charge on any atom is 0.243 e. The number of nitrogens with zero attached hydrogens (tertiary/aromatic N) is 8. The first-order valence-corrected chi connectivity index (χ1v) is 20.1. The number of rotatable bonds is 14. The number of halogens is 2. The topological polar surface area (TPSA) is 221 Å². The number of phenolic OH excluding ortho intramolecular Hbond substituents is 2. The molecule has 0 fully saturated rings. The number of hydrogen-bond acceptors (Lipinski definition) is 13. The van der Waals surface area contributed by atoms with Crippen LogP contribution in [0.5, 0.6) is 23.3 Å². The van der Waals surface area contributed by atoms with Gasteiger partial charge in [0.05, 0.1) is 34.3 Å². The van der Waals surface area contributed by atoms with E-state index in [-0.39, 0.29) is 75.1 Å². The molecular formula is C39H41Cl2CoN9O7S. The van der Waals surface area contributed by atoms with Crippen molar-refractivity contribution in [3.8, 4) is 34.6 Å². The van der Waals surface area contributed by atoms with Crippen molar-refractivity contribution in [1.82, 2.24) is 24.3 Å². The molecule has 0 aliphatic heterocycles. The first-order chi connectivity index (χ1) is 27.7. The van der Waals surface area contributed by atoms with Crippen LogP contribution in [0.25, 0.3) is 11.4 Å². The second-order valence-corrected chi connectivity index (χ2v) is 15.2. The summed E-state index contributed by atoms with van der Waals surface area (Å²) in [5.41, 5.74) is 3.60. The average Bonchev–Trinajstić information content (AvgIpc) is 3.65. The Bertz CT molecular complexity index is 2570. The standard InChI is InChI=1S/C21H24ClN5O5S.C18H17ClN4O2.Co/c1-3-10-32-11-9-23-33(30,31)17-7-8-19(28)18(13-17)24-25-20-14(2)26-27(21(20)29)16-6-4-5-15(22)12-16;1-3-12-7-8-16(24)15(9-12)20-21-17-11(2)22-23(18(17)25)14-6-4-5-13(19)10-14;/h4-8,12-13,23,28-29H,3,9-11H2,1-2H3;4-10,24-25H,3H2,1-2H3;. The van der Waals surface area contributed by atoms with Gasteiger partial charge in [-0.25, -0.2) is 13.1 Å². The maximum absolute atomic E-state index is 12.5. The first kappa shape index (κ1) is 46.3. The number of aromatic nitrogens is 4. The molecule has 6 aromatic rings. The Morgan fingerprint density at radius 1 is 0.695 bits per heavy atom. The van der Waals surface area contributed by atoms with Gasteiger partial charge in [0.15, 0.2) is 11.4 Å². The van der Waals surface area contributed by atoms with Gasteiger partial charge in [0.1, 0.15) is 22.9 Å². The summed E-state index contributed by atoms with van der Waals surface area (Å²) in [4.78, 5) is -0.0969. The number of sulfonamides is 1. The van der Waals surface area contributed by atoms with E-state index in [1.54, 1.807) is 74.5 Å². The minimum Gasteiger partial charge on any atom is -0.506 e. The Labute approximate surface area is 361 Å². The molecule has 1 radical (unpaired) electrons. The van der Waals surface area contributed by atoms with Gasteiger partial charge in [0, 0.05) is 40.0 Å². The fourth-order valence-electron chi connectivity index (χ4n) is 5.23. The molecule has 0 saturated carbocycles. The molecule has 0 spiro atoms. The van der Waals surface area contributed by atoms with Gasteiger partial charge in [-0.2, -0.15) is 19.6 Å². The number of aromatic hydroxyl groups is 4. The molecule has 20 heteroatoms. The van der Waals surface area contributed by atoms with Crippen molar-refractivity contribution >= 4 is 56.0 Å². The van der Waals surface area contributed by atoms with Crippen LogP contribution in [-0.2, 0) is 38.0 Å². The van der Waals surface area contributed by atoms with Gasteiger partial charge in [-0.15, -0.1) is 20.5 Å². The third kappa shape index (κ3) is 11.9. The van der Waals surface area contributed by atoms with E-state index < -0.39 is 10.0 Å². The molecule has 4 aromatic carbocycles. The maximum atomic E-state index is 12.5. The molecule has 0 unspecified atom stereocenters. The van der Waals surface area contributed by atoms with Gasteiger partial charge < -0.3 is 25.2 Å². The van der Waals surface area contributed by atoms with Crippen LogP contribution in [-0.4, -0.2) is 68.2 Å². The van der Waals surface area contributed by atoms with Gasteiger partial charge >= 0.3 is 0 Å². The third-order valence-electron chi connectivity index (χ3n) is 8.22. The van der Waals surface area contributed by atoms with E-state index in [2.05, 4.69) is 35.4 Å². The summed E-state index contributed by atoms with van der Waals surface area (Å²) in [7, 11) is -3.84. The summed E-state index contributed by atoms with van der Waals surface area (Å²) in [6.45, 7) is 8.21. The molecule has 313 valence electrons. The molecule has 0 amide bonds. The molecule has 0 aliphatic carbocycles. The Morgan fingerprint density at radius 3 is 1.69 bits per heavy atom. The second-order valence-electron chi connectivity index (χ2n) is 12.5. The fourth-order valence-corrected chi connectivity index (χ4v) is 6.63. The molecule has 16 nitrogen and oxygen atoms in total. The molecule has 2 heterocycles. The summed E-state index contributed by atoms with van der Waals surface area (Å²) in [5.74, 6) is -0.672. The van der Waals surface area contributed by atoms with Gasteiger partial charge in [0.2, 0.25) is 21.8 Å². The van der Waals surface area contributed by atoms with Crippen molar-refractivity contribution in [2.75, 3.05) is 19.8 Å². The Balaban J connectivity index is 0.000000265. The Hall–Kier alpha value is -5.34. The minimum absolute atomic E-state index is 0. The molecule has 59 heavy (non-hydrogen) atoms. The summed E-state index contributed by atoms with van der Waals surface area (Å²) in [5, 5.41) is 66.6. The van der Waals surface area contributed by atoms with Gasteiger partial charge in [0.25, 0.3) is 0 Å². The van der Waals surface area contributed by atoms with Crippen molar-refractivity contribution in [2.24, 2.45) is 20.5 Å². The average molecular weight is 910 g/mol. The van der Waals surface area contributed by atoms with Crippen LogP contribution in [0.4, 0.5) is 22.7 Å². The molecule has 0 bridgehead atoms. The minimum atomic E-state index is -3.84. The van der Waals surface area contributed by atoms with Gasteiger partial charge in [-0.1, -0.05) is 55.2 Å². The normalized spacial score (nSPS) is 11.5. The smallest absolute Gasteiger partial charge is 0.243 e. The number of benzene rings is 4. The number of nitrogens with one attached hydrogen (secondary N) is 1. The Morgan fingerprint density at radius 2 is 1.20 bits per heavy atom. The van der Waals surface area contributed by atoms with E-state index in [4.69, 9.17) is 27.9 Å². The van der Waals surface area contributed by atoms with Crippen LogP contribution >= 0.6 is 23.2 Å². The number of ether oxygens (including phenoxy) is 1. The molecule has 5 N–H and O–H groups in total. The first-order valence-electron chi connectivity index (χ1n) is 17.9. The van der Waals surface area contributed by atoms with E-state index in [0.29, 0.717) is 45.1 Å². The SMILES string of the molecule is CCCOCCNS(=O)(=O)c1ccc(O)c(N=Nc2c(C)nn(-c3cccc(Cl)c3)c2O)c1.CCc1ccc(O)c(N=Nc2c(C)nn(-c3cccc(Cl)c3)c2O)c1.[Co]. The van der Waals surface area contributed by atoms with Crippen LogP contribution in [0, 0.1) is 13.8 Å². The number of aryl methyl sites for hydroxylation is 3. The summed E-state index contributed by atoms with van der Waals surface area (Å²) < 4.78 is 35.3. The van der Waals surface area contributed by atoms with Gasteiger partial charge in [-0.3, -0.25) is 0 Å². The third-order valence-corrected chi connectivity index (χ3v) is 10.2. The van der Waals surface area contributed by atoms with Crippen LogP contribution in [0.3, 0.4) is 0 Å². The predicted octanol–water partition coefficient (Wildman–Crippen LogP) is 9.59. The van der Waals surface area contributed by atoms with Crippen LogP contribution in [0.2, 0.25) is 10.0 Å². The van der Waals surface area contributed by atoms with Crippen LogP contribution in [0.15, 0.2) is 110 Å².